The molecule has 3 heteroatoms. The van der Waals surface area contributed by atoms with E-state index in [0.29, 0.717) is 0 Å². The first-order valence-electron chi connectivity index (χ1n) is 5.18. The zero-order valence-corrected chi connectivity index (χ0v) is 9.83. The molecular formula is C12H19NO2. The maximum Gasteiger partial charge on any atom is 0.127 e. The Morgan fingerprint density at radius 2 is 2.00 bits per heavy atom. The van der Waals surface area contributed by atoms with Crippen molar-refractivity contribution >= 4 is 0 Å². The van der Waals surface area contributed by atoms with E-state index in [1.165, 1.54) is 0 Å². The van der Waals surface area contributed by atoms with Crippen molar-refractivity contribution in [2.75, 3.05) is 20.8 Å². The van der Waals surface area contributed by atoms with Gasteiger partial charge < -0.3 is 14.8 Å². The molecule has 0 spiro atoms. The van der Waals surface area contributed by atoms with E-state index in [-0.39, 0.29) is 6.04 Å². The van der Waals surface area contributed by atoms with E-state index in [0.717, 1.165) is 23.6 Å². The average molecular weight is 209 g/mol. The van der Waals surface area contributed by atoms with Crippen LogP contribution in [-0.4, -0.2) is 20.8 Å². The summed E-state index contributed by atoms with van der Waals surface area (Å²) in [5.41, 5.74) is 1.15. The van der Waals surface area contributed by atoms with Crippen molar-refractivity contribution in [3.63, 3.8) is 0 Å². The summed E-state index contributed by atoms with van der Waals surface area (Å²) in [5.74, 6) is 1.68. The molecule has 0 heterocycles. The molecule has 1 aromatic carbocycles. The van der Waals surface area contributed by atoms with Gasteiger partial charge in [0, 0.05) is 17.7 Å². The SMILES string of the molecule is CCNC(C)c1ccc(OC)cc1OC. The molecule has 1 unspecified atom stereocenters. The highest BCUT2D eigenvalue weighted by atomic mass is 16.5. The average Bonchev–Trinajstić information content (AvgIpc) is 2.28. The molecule has 0 aromatic heterocycles. The minimum absolute atomic E-state index is 0.288. The van der Waals surface area contributed by atoms with Crippen LogP contribution in [0.2, 0.25) is 0 Å². The van der Waals surface area contributed by atoms with E-state index >= 15 is 0 Å². The number of nitrogens with one attached hydrogen (secondary N) is 1. The molecule has 0 fully saturated rings. The summed E-state index contributed by atoms with van der Waals surface area (Å²) in [5, 5.41) is 3.35. The summed E-state index contributed by atoms with van der Waals surface area (Å²) in [4.78, 5) is 0. The molecule has 3 nitrogen and oxygen atoms in total. The Morgan fingerprint density at radius 3 is 2.53 bits per heavy atom. The van der Waals surface area contributed by atoms with Crippen LogP contribution >= 0.6 is 0 Å². The van der Waals surface area contributed by atoms with Crippen LogP contribution in [0.25, 0.3) is 0 Å². The summed E-state index contributed by atoms with van der Waals surface area (Å²) < 4.78 is 10.5. The van der Waals surface area contributed by atoms with Crippen molar-refractivity contribution in [1.29, 1.82) is 0 Å². The first-order valence-corrected chi connectivity index (χ1v) is 5.18. The number of methoxy groups -OCH3 is 2. The Hall–Kier alpha value is -1.22. The second-order valence-corrected chi connectivity index (χ2v) is 3.39. The lowest BCUT2D eigenvalue weighted by Crippen LogP contribution is -2.18. The lowest BCUT2D eigenvalue weighted by Gasteiger charge is -2.17. The van der Waals surface area contributed by atoms with Gasteiger partial charge in [0.15, 0.2) is 0 Å². The topological polar surface area (TPSA) is 30.5 Å². The Labute approximate surface area is 91.4 Å². The van der Waals surface area contributed by atoms with Crippen molar-refractivity contribution in [1.82, 2.24) is 5.32 Å². The third kappa shape index (κ3) is 2.86. The first kappa shape index (κ1) is 11.9. The summed E-state index contributed by atoms with van der Waals surface area (Å²) in [6.07, 6.45) is 0. The second-order valence-electron chi connectivity index (χ2n) is 3.39. The van der Waals surface area contributed by atoms with Crippen LogP contribution in [0.5, 0.6) is 11.5 Å². The number of ether oxygens (including phenoxy) is 2. The predicted molar refractivity (Wildman–Crippen MR) is 61.6 cm³/mol. The van der Waals surface area contributed by atoms with Crippen molar-refractivity contribution in [3.05, 3.63) is 23.8 Å². The Kier molecular flexibility index (Phi) is 4.43. The van der Waals surface area contributed by atoms with E-state index in [9.17, 15) is 0 Å². The maximum absolute atomic E-state index is 5.34. The normalized spacial score (nSPS) is 12.3. The minimum atomic E-state index is 0.288. The van der Waals surface area contributed by atoms with Gasteiger partial charge in [0.05, 0.1) is 14.2 Å². The molecule has 15 heavy (non-hydrogen) atoms. The van der Waals surface area contributed by atoms with Crippen molar-refractivity contribution in [2.24, 2.45) is 0 Å². The first-order chi connectivity index (χ1) is 7.22. The van der Waals surface area contributed by atoms with E-state index in [4.69, 9.17) is 9.47 Å². The zero-order valence-electron chi connectivity index (χ0n) is 9.83. The van der Waals surface area contributed by atoms with Crippen molar-refractivity contribution in [3.8, 4) is 11.5 Å². The smallest absolute Gasteiger partial charge is 0.127 e. The van der Waals surface area contributed by atoms with Gasteiger partial charge in [0.25, 0.3) is 0 Å². The van der Waals surface area contributed by atoms with Gasteiger partial charge in [-0.25, -0.2) is 0 Å². The summed E-state index contributed by atoms with van der Waals surface area (Å²) in [7, 11) is 3.33. The quantitative estimate of drug-likeness (QED) is 0.807. The molecule has 1 N–H and O–H groups in total. The van der Waals surface area contributed by atoms with Gasteiger partial charge in [0.1, 0.15) is 11.5 Å². The molecule has 1 aromatic rings. The molecule has 1 atom stereocenters. The van der Waals surface area contributed by atoms with Gasteiger partial charge in [-0.1, -0.05) is 13.0 Å². The molecular weight excluding hydrogens is 190 g/mol. The van der Waals surface area contributed by atoms with Gasteiger partial charge in [-0.15, -0.1) is 0 Å². The van der Waals surface area contributed by atoms with Crippen molar-refractivity contribution in [2.45, 2.75) is 19.9 Å². The fraction of sp³-hybridized carbons (Fsp3) is 0.500. The molecule has 0 aliphatic heterocycles. The summed E-state index contributed by atoms with van der Waals surface area (Å²) in [6.45, 7) is 5.15. The maximum atomic E-state index is 5.34. The molecule has 0 amide bonds. The Bertz CT molecular complexity index is 312. The Morgan fingerprint density at radius 1 is 1.27 bits per heavy atom. The zero-order chi connectivity index (χ0) is 11.3. The molecule has 1 rings (SSSR count). The van der Waals surface area contributed by atoms with Crippen LogP contribution in [0.15, 0.2) is 18.2 Å². The number of hydrogen-bond acceptors (Lipinski definition) is 3. The summed E-state index contributed by atoms with van der Waals surface area (Å²) >= 11 is 0. The van der Waals surface area contributed by atoms with Gasteiger partial charge in [0.2, 0.25) is 0 Å². The van der Waals surface area contributed by atoms with Crippen LogP contribution in [-0.2, 0) is 0 Å². The third-order valence-electron chi connectivity index (χ3n) is 2.42. The van der Waals surface area contributed by atoms with Crippen molar-refractivity contribution < 1.29 is 9.47 Å². The molecule has 0 saturated carbocycles. The van der Waals surface area contributed by atoms with E-state index in [2.05, 4.69) is 19.2 Å². The van der Waals surface area contributed by atoms with Gasteiger partial charge in [-0.3, -0.25) is 0 Å². The lowest BCUT2D eigenvalue weighted by atomic mass is 10.1. The lowest BCUT2D eigenvalue weighted by molar-refractivity contribution is 0.386. The predicted octanol–water partition coefficient (Wildman–Crippen LogP) is 2.37. The molecule has 0 radical (unpaired) electrons. The van der Waals surface area contributed by atoms with Gasteiger partial charge in [-0.05, 0) is 19.5 Å². The minimum Gasteiger partial charge on any atom is -0.497 e. The van der Waals surface area contributed by atoms with Gasteiger partial charge in [-0.2, -0.15) is 0 Å². The van der Waals surface area contributed by atoms with Gasteiger partial charge >= 0.3 is 0 Å². The fourth-order valence-electron chi connectivity index (χ4n) is 1.59. The highest BCUT2D eigenvalue weighted by Crippen LogP contribution is 2.29. The highest BCUT2D eigenvalue weighted by molar-refractivity contribution is 5.42. The number of rotatable bonds is 5. The fourth-order valence-corrected chi connectivity index (χ4v) is 1.59. The monoisotopic (exact) mass is 209 g/mol. The van der Waals surface area contributed by atoms with Crippen LogP contribution in [0.1, 0.15) is 25.5 Å². The van der Waals surface area contributed by atoms with E-state index < -0.39 is 0 Å². The molecule has 0 saturated heterocycles. The standard InChI is InChI=1S/C12H19NO2/c1-5-13-9(2)11-7-6-10(14-3)8-12(11)15-4/h6-9,13H,5H2,1-4H3. The molecule has 0 aliphatic carbocycles. The van der Waals surface area contributed by atoms with Crippen LogP contribution in [0.3, 0.4) is 0 Å². The number of benzene rings is 1. The molecule has 0 bridgehead atoms. The molecule has 0 aliphatic rings. The highest BCUT2D eigenvalue weighted by Gasteiger charge is 2.10. The number of hydrogen-bond donors (Lipinski definition) is 1. The molecule has 84 valence electrons. The Balaban J connectivity index is 2.96. The van der Waals surface area contributed by atoms with Crippen LogP contribution < -0.4 is 14.8 Å². The third-order valence-corrected chi connectivity index (χ3v) is 2.42. The largest absolute Gasteiger partial charge is 0.497 e. The second kappa shape index (κ2) is 5.61. The summed E-state index contributed by atoms with van der Waals surface area (Å²) in [6, 6.07) is 6.18. The van der Waals surface area contributed by atoms with E-state index in [1.54, 1.807) is 14.2 Å². The van der Waals surface area contributed by atoms with Crippen LogP contribution in [0, 0.1) is 0 Å². The van der Waals surface area contributed by atoms with E-state index in [1.807, 2.05) is 18.2 Å². The van der Waals surface area contributed by atoms with Crippen LogP contribution in [0.4, 0.5) is 0 Å².